The van der Waals surface area contributed by atoms with E-state index in [2.05, 4.69) is 31.3 Å². The Kier molecular flexibility index (Phi) is 4.57. The first-order chi connectivity index (χ1) is 8.69. The van der Waals surface area contributed by atoms with E-state index in [0.717, 1.165) is 16.0 Å². The highest BCUT2D eigenvalue weighted by Crippen LogP contribution is 2.19. The molecule has 2 N–H and O–H groups in total. The number of nitrogens with zero attached hydrogens (tertiary/aromatic N) is 3. The van der Waals surface area contributed by atoms with E-state index in [4.69, 9.17) is 16.7 Å². The Balaban J connectivity index is 1.97. The molecule has 5 nitrogen and oxygen atoms in total. The lowest BCUT2D eigenvalue weighted by Crippen LogP contribution is -2.06. The predicted octanol–water partition coefficient (Wildman–Crippen LogP) is 2.30. The lowest BCUT2D eigenvalue weighted by molar-refractivity contribution is 0.269. The Bertz CT molecular complexity index is 532. The van der Waals surface area contributed by atoms with Crippen LogP contribution in [0.1, 0.15) is 5.69 Å². The normalized spacial score (nSPS) is 10.6. The zero-order chi connectivity index (χ0) is 13.0. The Morgan fingerprint density at radius 3 is 3.06 bits per heavy atom. The summed E-state index contributed by atoms with van der Waals surface area (Å²) >= 11 is 9.23. The third-order valence-electron chi connectivity index (χ3n) is 2.29. The third-order valence-corrected chi connectivity index (χ3v) is 3.18. The molecule has 0 saturated carbocycles. The van der Waals surface area contributed by atoms with Crippen molar-refractivity contribution in [2.75, 3.05) is 11.9 Å². The fourth-order valence-electron chi connectivity index (χ4n) is 1.43. The van der Waals surface area contributed by atoms with Crippen molar-refractivity contribution in [1.82, 2.24) is 14.8 Å². The molecule has 2 heterocycles. The van der Waals surface area contributed by atoms with E-state index >= 15 is 0 Å². The first kappa shape index (κ1) is 13.3. The van der Waals surface area contributed by atoms with Gasteiger partial charge in [0.2, 0.25) is 0 Å². The van der Waals surface area contributed by atoms with Crippen molar-refractivity contribution in [2.45, 2.75) is 13.1 Å². The van der Waals surface area contributed by atoms with Gasteiger partial charge in [0.05, 0.1) is 30.4 Å². The molecular formula is C11H12BrClN4O. The van der Waals surface area contributed by atoms with Gasteiger partial charge in [0.1, 0.15) is 5.82 Å². The summed E-state index contributed by atoms with van der Waals surface area (Å²) in [6, 6.07) is 3.65. The van der Waals surface area contributed by atoms with Gasteiger partial charge in [-0.2, -0.15) is 5.10 Å². The van der Waals surface area contributed by atoms with Gasteiger partial charge < -0.3 is 10.4 Å². The van der Waals surface area contributed by atoms with Crippen molar-refractivity contribution in [3.8, 4) is 0 Å². The summed E-state index contributed by atoms with van der Waals surface area (Å²) in [5, 5.41) is 16.8. The maximum Gasteiger partial charge on any atom is 0.148 e. The molecule has 0 aromatic carbocycles. The Morgan fingerprint density at radius 1 is 1.50 bits per heavy atom. The standard InChI is InChI=1S/C11H12BrClN4O/c12-9-5-8(13)6-14-10(9)7-15-11-1-2-17(16-11)3-4-18/h1-2,5-6,18H,3-4,7H2,(H,15,16). The molecule has 0 aliphatic carbocycles. The zero-order valence-corrected chi connectivity index (χ0v) is 11.8. The lowest BCUT2D eigenvalue weighted by atomic mass is 10.3. The number of anilines is 1. The van der Waals surface area contributed by atoms with Crippen LogP contribution in [0.25, 0.3) is 0 Å². The van der Waals surface area contributed by atoms with E-state index in [0.29, 0.717) is 18.1 Å². The maximum atomic E-state index is 8.79. The molecule has 0 atom stereocenters. The van der Waals surface area contributed by atoms with Gasteiger partial charge in [0, 0.05) is 22.9 Å². The van der Waals surface area contributed by atoms with Gasteiger partial charge >= 0.3 is 0 Å². The molecule has 2 rings (SSSR count). The van der Waals surface area contributed by atoms with Crippen LogP contribution in [0.4, 0.5) is 5.82 Å². The summed E-state index contributed by atoms with van der Waals surface area (Å²) < 4.78 is 2.53. The molecule has 2 aromatic rings. The molecule has 18 heavy (non-hydrogen) atoms. The zero-order valence-electron chi connectivity index (χ0n) is 9.48. The van der Waals surface area contributed by atoms with Crippen LogP contribution in [0.2, 0.25) is 5.02 Å². The second kappa shape index (κ2) is 6.17. The molecule has 2 aromatic heterocycles. The molecule has 0 spiro atoms. The van der Waals surface area contributed by atoms with Crippen LogP contribution in [0.5, 0.6) is 0 Å². The minimum atomic E-state index is 0.0748. The second-order valence-electron chi connectivity index (χ2n) is 3.62. The molecule has 0 radical (unpaired) electrons. The molecule has 0 bridgehead atoms. The fraction of sp³-hybridized carbons (Fsp3) is 0.273. The number of nitrogens with one attached hydrogen (secondary N) is 1. The fourth-order valence-corrected chi connectivity index (χ4v) is 2.21. The van der Waals surface area contributed by atoms with Crippen molar-refractivity contribution >= 4 is 33.3 Å². The van der Waals surface area contributed by atoms with Gasteiger partial charge in [-0.05, 0) is 22.0 Å². The van der Waals surface area contributed by atoms with E-state index < -0.39 is 0 Å². The molecule has 0 amide bonds. The number of pyridine rings is 1. The Labute approximate surface area is 118 Å². The maximum absolute atomic E-state index is 8.79. The number of aliphatic hydroxyl groups excluding tert-OH is 1. The van der Waals surface area contributed by atoms with E-state index in [1.165, 1.54) is 0 Å². The summed E-state index contributed by atoms with van der Waals surface area (Å²) in [4.78, 5) is 4.22. The predicted molar refractivity (Wildman–Crippen MR) is 73.6 cm³/mol. The third kappa shape index (κ3) is 3.44. The van der Waals surface area contributed by atoms with Crippen molar-refractivity contribution in [3.63, 3.8) is 0 Å². The van der Waals surface area contributed by atoms with E-state index in [1.807, 2.05) is 12.3 Å². The van der Waals surface area contributed by atoms with Crippen molar-refractivity contribution in [3.05, 3.63) is 39.7 Å². The molecule has 96 valence electrons. The monoisotopic (exact) mass is 330 g/mol. The molecule has 7 heteroatoms. The highest BCUT2D eigenvalue weighted by molar-refractivity contribution is 9.10. The van der Waals surface area contributed by atoms with E-state index in [1.54, 1.807) is 16.9 Å². The minimum absolute atomic E-state index is 0.0748. The first-order valence-corrected chi connectivity index (χ1v) is 6.54. The minimum Gasteiger partial charge on any atom is -0.394 e. The summed E-state index contributed by atoms with van der Waals surface area (Å²) in [5.74, 6) is 0.743. The highest BCUT2D eigenvalue weighted by atomic mass is 79.9. The summed E-state index contributed by atoms with van der Waals surface area (Å²) in [7, 11) is 0. The molecule has 0 saturated heterocycles. The largest absolute Gasteiger partial charge is 0.394 e. The quantitative estimate of drug-likeness (QED) is 0.882. The lowest BCUT2D eigenvalue weighted by Gasteiger charge is -2.05. The number of rotatable bonds is 5. The van der Waals surface area contributed by atoms with Crippen LogP contribution in [0.15, 0.2) is 29.0 Å². The Hall–Kier alpha value is -1.11. The van der Waals surface area contributed by atoms with Gasteiger partial charge in [0.15, 0.2) is 0 Å². The van der Waals surface area contributed by atoms with Gasteiger partial charge in [-0.15, -0.1) is 0 Å². The number of hydrogen-bond acceptors (Lipinski definition) is 4. The van der Waals surface area contributed by atoms with Crippen LogP contribution in [0, 0.1) is 0 Å². The first-order valence-electron chi connectivity index (χ1n) is 5.37. The summed E-state index contributed by atoms with van der Waals surface area (Å²) in [6.45, 7) is 1.11. The molecule has 0 aliphatic heterocycles. The van der Waals surface area contributed by atoms with Crippen LogP contribution in [0.3, 0.4) is 0 Å². The van der Waals surface area contributed by atoms with E-state index in [9.17, 15) is 0 Å². The second-order valence-corrected chi connectivity index (χ2v) is 4.91. The smallest absolute Gasteiger partial charge is 0.148 e. The molecule has 0 unspecified atom stereocenters. The van der Waals surface area contributed by atoms with E-state index in [-0.39, 0.29) is 6.61 Å². The number of aliphatic hydroxyl groups is 1. The van der Waals surface area contributed by atoms with Crippen LogP contribution in [-0.4, -0.2) is 26.5 Å². The Morgan fingerprint density at radius 2 is 2.33 bits per heavy atom. The number of hydrogen-bond donors (Lipinski definition) is 2. The average Bonchev–Trinajstić information content (AvgIpc) is 2.76. The van der Waals surface area contributed by atoms with Gasteiger partial charge in [-0.25, -0.2) is 0 Å². The van der Waals surface area contributed by atoms with Crippen LogP contribution < -0.4 is 5.32 Å². The van der Waals surface area contributed by atoms with Crippen molar-refractivity contribution < 1.29 is 5.11 Å². The van der Waals surface area contributed by atoms with Crippen LogP contribution in [-0.2, 0) is 13.1 Å². The summed E-state index contributed by atoms with van der Waals surface area (Å²) in [5.41, 5.74) is 0.858. The SMILES string of the molecule is OCCn1ccc(NCc2ncc(Cl)cc2Br)n1. The summed E-state index contributed by atoms with van der Waals surface area (Å²) in [6.07, 6.45) is 3.41. The molecule has 0 fully saturated rings. The average molecular weight is 332 g/mol. The van der Waals surface area contributed by atoms with Crippen molar-refractivity contribution in [1.29, 1.82) is 0 Å². The van der Waals surface area contributed by atoms with Gasteiger partial charge in [0.25, 0.3) is 0 Å². The number of halogens is 2. The molecule has 0 aliphatic rings. The number of aromatic nitrogens is 3. The molecular weight excluding hydrogens is 320 g/mol. The van der Waals surface area contributed by atoms with Gasteiger partial charge in [-0.3, -0.25) is 9.67 Å². The highest BCUT2D eigenvalue weighted by Gasteiger charge is 2.04. The van der Waals surface area contributed by atoms with Gasteiger partial charge in [-0.1, -0.05) is 11.6 Å². The van der Waals surface area contributed by atoms with Crippen LogP contribution >= 0.6 is 27.5 Å². The topological polar surface area (TPSA) is 63.0 Å². The van der Waals surface area contributed by atoms with Crippen molar-refractivity contribution in [2.24, 2.45) is 0 Å².